The Balaban J connectivity index is 1.99. The van der Waals surface area contributed by atoms with Crippen molar-refractivity contribution in [2.45, 2.75) is 0 Å². The molecule has 2 aromatic carbocycles. The molecule has 0 fully saturated rings. The molecule has 94 valence electrons. The highest BCUT2D eigenvalue weighted by Gasteiger charge is 2.15. The van der Waals surface area contributed by atoms with Gasteiger partial charge in [0.25, 0.3) is 0 Å². The van der Waals surface area contributed by atoms with E-state index >= 15 is 0 Å². The first kappa shape index (κ1) is 13.2. The zero-order chi connectivity index (χ0) is 13.5. The maximum Gasteiger partial charge on any atom is 0.492 e. The van der Waals surface area contributed by atoms with E-state index in [0.29, 0.717) is 11.2 Å². The fourth-order valence-electron chi connectivity index (χ4n) is 1.60. The van der Waals surface area contributed by atoms with Crippen LogP contribution in [-0.2, 0) is 0 Å². The van der Waals surface area contributed by atoms with Gasteiger partial charge in [-0.15, -0.1) is 0 Å². The Labute approximate surface area is 112 Å². The normalized spacial score (nSPS) is 9.37. The molecule has 0 aliphatic rings. The predicted octanol–water partition coefficient (Wildman–Crippen LogP) is 0.797. The van der Waals surface area contributed by atoms with Gasteiger partial charge in [0.05, 0.1) is 0 Å². The molecule has 0 aromatic heterocycles. The molecule has 0 amide bonds. The molecule has 0 radical (unpaired) electrons. The van der Waals surface area contributed by atoms with Crippen LogP contribution in [0.25, 0.3) is 0 Å². The Morgan fingerprint density at radius 3 is 2.37 bits per heavy atom. The molecule has 0 atom stereocenters. The summed E-state index contributed by atoms with van der Waals surface area (Å²) in [5.41, 5.74) is 1.26. The van der Waals surface area contributed by atoms with Gasteiger partial charge >= 0.3 is 7.12 Å². The molecule has 0 aliphatic carbocycles. The number of hydrogen-bond donors (Lipinski definition) is 2. The van der Waals surface area contributed by atoms with Crippen molar-refractivity contribution in [3.8, 4) is 17.6 Å². The monoisotopic (exact) mass is 252 g/mol. The third-order valence-electron chi connectivity index (χ3n) is 2.50. The highest BCUT2D eigenvalue weighted by atomic mass is 16.5. The lowest BCUT2D eigenvalue weighted by Gasteiger charge is -2.07. The number of benzene rings is 2. The Kier molecular flexibility index (Phi) is 4.63. The van der Waals surface area contributed by atoms with Crippen LogP contribution >= 0.6 is 0 Å². The number of rotatable bonds is 3. The van der Waals surface area contributed by atoms with Gasteiger partial charge in [0.1, 0.15) is 12.4 Å². The first-order chi connectivity index (χ1) is 9.27. The van der Waals surface area contributed by atoms with Crippen molar-refractivity contribution in [1.82, 2.24) is 0 Å². The van der Waals surface area contributed by atoms with Crippen LogP contribution in [0.4, 0.5) is 0 Å². The first-order valence-corrected chi connectivity index (χ1v) is 5.89. The lowest BCUT2D eigenvalue weighted by molar-refractivity contribution is 0.368. The molecule has 0 unspecified atom stereocenters. The molecular formula is C15H13BO3. The van der Waals surface area contributed by atoms with E-state index in [9.17, 15) is 10.0 Å². The Hall–Kier alpha value is -2.22. The highest BCUT2D eigenvalue weighted by molar-refractivity contribution is 6.59. The summed E-state index contributed by atoms with van der Waals surface area (Å²) < 4.78 is 5.43. The second-order valence-electron chi connectivity index (χ2n) is 3.87. The van der Waals surface area contributed by atoms with Crippen molar-refractivity contribution in [3.63, 3.8) is 0 Å². The van der Waals surface area contributed by atoms with E-state index in [1.54, 1.807) is 24.3 Å². The van der Waals surface area contributed by atoms with Crippen LogP contribution in [0.1, 0.15) is 5.56 Å². The smallest absolute Gasteiger partial charge is 0.481 e. The summed E-state index contributed by atoms with van der Waals surface area (Å²) in [5, 5.41) is 18.4. The van der Waals surface area contributed by atoms with Crippen molar-refractivity contribution in [3.05, 3.63) is 60.2 Å². The maximum atomic E-state index is 9.18. The predicted molar refractivity (Wildman–Crippen MR) is 75.1 cm³/mol. The standard InChI is InChI=1S/C15H13BO3/c17-16(18)14-10-4-5-11-15(14)19-12-6-9-13-7-2-1-3-8-13/h1-5,7-8,10-11,17-18H,12H2. The van der Waals surface area contributed by atoms with E-state index in [2.05, 4.69) is 11.8 Å². The number of ether oxygens (including phenoxy) is 1. The third kappa shape index (κ3) is 3.89. The second kappa shape index (κ2) is 6.65. The minimum atomic E-state index is -1.54. The Bertz CT molecular complexity index is 585. The minimum Gasteiger partial charge on any atom is -0.481 e. The molecule has 0 aliphatic heterocycles. The van der Waals surface area contributed by atoms with Gasteiger partial charge in [-0.05, 0) is 18.2 Å². The molecular weight excluding hydrogens is 239 g/mol. The fourth-order valence-corrected chi connectivity index (χ4v) is 1.60. The lowest BCUT2D eigenvalue weighted by Crippen LogP contribution is -2.31. The van der Waals surface area contributed by atoms with Crippen molar-refractivity contribution in [2.75, 3.05) is 6.61 Å². The molecule has 2 rings (SSSR count). The van der Waals surface area contributed by atoms with Crippen molar-refractivity contribution in [1.29, 1.82) is 0 Å². The largest absolute Gasteiger partial charge is 0.492 e. The molecule has 19 heavy (non-hydrogen) atoms. The van der Waals surface area contributed by atoms with Gasteiger partial charge in [-0.3, -0.25) is 0 Å². The highest BCUT2D eigenvalue weighted by Crippen LogP contribution is 2.06. The van der Waals surface area contributed by atoms with Gasteiger partial charge in [-0.25, -0.2) is 0 Å². The van der Waals surface area contributed by atoms with E-state index in [1.807, 2.05) is 30.3 Å². The van der Waals surface area contributed by atoms with Gasteiger partial charge < -0.3 is 14.8 Å². The molecule has 3 nitrogen and oxygen atoms in total. The third-order valence-corrected chi connectivity index (χ3v) is 2.50. The van der Waals surface area contributed by atoms with Crippen LogP contribution in [0.2, 0.25) is 0 Å². The van der Waals surface area contributed by atoms with Crippen LogP contribution < -0.4 is 10.2 Å². The zero-order valence-electron chi connectivity index (χ0n) is 10.3. The van der Waals surface area contributed by atoms with Crippen molar-refractivity contribution < 1.29 is 14.8 Å². The topological polar surface area (TPSA) is 49.7 Å². The van der Waals surface area contributed by atoms with Crippen LogP contribution in [0, 0.1) is 11.8 Å². The van der Waals surface area contributed by atoms with Crippen LogP contribution in [0.5, 0.6) is 5.75 Å². The summed E-state index contributed by atoms with van der Waals surface area (Å²) >= 11 is 0. The van der Waals surface area contributed by atoms with E-state index in [1.165, 1.54) is 0 Å². The summed E-state index contributed by atoms with van der Waals surface area (Å²) in [6.07, 6.45) is 0. The zero-order valence-corrected chi connectivity index (χ0v) is 10.3. The second-order valence-corrected chi connectivity index (χ2v) is 3.87. The van der Waals surface area contributed by atoms with E-state index in [-0.39, 0.29) is 6.61 Å². The Morgan fingerprint density at radius 2 is 1.63 bits per heavy atom. The summed E-state index contributed by atoms with van der Waals surface area (Å²) in [7, 11) is -1.54. The molecule has 0 saturated carbocycles. The van der Waals surface area contributed by atoms with Gasteiger partial charge in [0.15, 0.2) is 0 Å². The van der Waals surface area contributed by atoms with E-state index in [0.717, 1.165) is 5.56 Å². The summed E-state index contributed by atoms with van der Waals surface area (Å²) in [4.78, 5) is 0. The SMILES string of the molecule is OB(O)c1ccccc1OCC#Cc1ccccc1. The van der Waals surface area contributed by atoms with Gasteiger partial charge in [-0.2, -0.15) is 0 Å². The minimum absolute atomic E-state index is 0.193. The van der Waals surface area contributed by atoms with Crippen LogP contribution in [-0.4, -0.2) is 23.8 Å². The molecule has 0 spiro atoms. The molecule has 0 saturated heterocycles. The van der Waals surface area contributed by atoms with Crippen LogP contribution in [0.3, 0.4) is 0 Å². The maximum absolute atomic E-state index is 9.18. The summed E-state index contributed by atoms with van der Waals surface area (Å²) in [6, 6.07) is 16.4. The molecule has 0 bridgehead atoms. The molecule has 0 heterocycles. The average molecular weight is 252 g/mol. The molecule has 2 N–H and O–H groups in total. The average Bonchev–Trinajstić information content (AvgIpc) is 2.45. The van der Waals surface area contributed by atoms with Crippen molar-refractivity contribution >= 4 is 12.6 Å². The number of hydrogen-bond acceptors (Lipinski definition) is 3. The summed E-state index contributed by atoms with van der Waals surface area (Å²) in [5.74, 6) is 6.27. The van der Waals surface area contributed by atoms with Gasteiger partial charge in [0.2, 0.25) is 0 Å². The van der Waals surface area contributed by atoms with Gasteiger partial charge in [0, 0.05) is 11.0 Å². The molecule has 4 heteroatoms. The number of para-hydroxylation sites is 1. The fraction of sp³-hybridized carbons (Fsp3) is 0.0667. The van der Waals surface area contributed by atoms with E-state index < -0.39 is 7.12 Å². The first-order valence-electron chi connectivity index (χ1n) is 5.89. The van der Waals surface area contributed by atoms with Gasteiger partial charge in [-0.1, -0.05) is 48.2 Å². The lowest BCUT2D eigenvalue weighted by atomic mass is 9.79. The summed E-state index contributed by atoms with van der Waals surface area (Å²) in [6.45, 7) is 0.193. The van der Waals surface area contributed by atoms with E-state index in [4.69, 9.17) is 4.74 Å². The molecule has 2 aromatic rings. The Morgan fingerprint density at radius 1 is 0.947 bits per heavy atom. The quantitative estimate of drug-likeness (QED) is 0.627. The van der Waals surface area contributed by atoms with Crippen LogP contribution in [0.15, 0.2) is 54.6 Å². The van der Waals surface area contributed by atoms with Crippen molar-refractivity contribution in [2.24, 2.45) is 0 Å².